The molecule has 2 saturated heterocycles. The Bertz CT molecular complexity index is 1390. The lowest BCUT2D eigenvalue weighted by molar-refractivity contribution is -0.149. The van der Waals surface area contributed by atoms with Crippen molar-refractivity contribution >= 4 is 23.5 Å². The van der Waals surface area contributed by atoms with Crippen LogP contribution in [0.1, 0.15) is 83.9 Å². The Balaban J connectivity index is 1.58. The molecule has 9 nitrogen and oxygen atoms in total. The Morgan fingerprint density at radius 1 is 1.18 bits per heavy atom. The zero-order chi connectivity index (χ0) is 33.1. The predicted molar refractivity (Wildman–Crippen MR) is 164 cm³/mol. The number of carbonyl (C=O) groups is 2. The number of ether oxygens (including phenoxy) is 1. The van der Waals surface area contributed by atoms with Gasteiger partial charge < -0.3 is 20.7 Å². The van der Waals surface area contributed by atoms with Crippen LogP contribution in [0, 0.1) is 11.3 Å². The number of nitrogen functional groups attached to an aromatic ring is 1. The van der Waals surface area contributed by atoms with E-state index in [-0.39, 0.29) is 48.7 Å². The van der Waals surface area contributed by atoms with E-state index < -0.39 is 41.2 Å². The van der Waals surface area contributed by atoms with E-state index in [0.717, 1.165) is 25.3 Å². The van der Waals surface area contributed by atoms with Crippen LogP contribution in [-0.4, -0.2) is 74.1 Å². The largest absolute Gasteiger partial charge is 0.458 e. The summed E-state index contributed by atoms with van der Waals surface area (Å²) in [5, 5.41) is 24.8. The van der Waals surface area contributed by atoms with E-state index in [2.05, 4.69) is 10.00 Å². The van der Waals surface area contributed by atoms with Crippen molar-refractivity contribution in [2.75, 3.05) is 18.9 Å². The maximum Gasteiger partial charge on any atom is 0.418 e. The van der Waals surface area contributed by atoms with E-state index in [1.54, 1.807) is 39.1 Å². The first kappa shape index (κ1) is 34.6. The molecule has 2 aliphatic heterocycles. The summed E-state index contributed by atoms with van der Waals surface area (Å²) in [4.78, 5) is 28.5. The average Bonchev–Trinajstić information content (AvgIpc) is 3.38. The van der Waals surface area contributed by atoms with E-state index in [1.807, 2.05) is 6.92 Å². The van der Waals surface area contributed by atoms with Crippen LogP contribution >= 0.6 is 0 Å². The molecule has 5 unspecified atom stereocenters. The van der Waals surface area contributed by atoms with Gasteiger partial charge in [-0.1, -0.05) is 33.6 Å². The molecule has 2 fully saturated rings. The standard InChI is InChI=1S/C33H45F3N4O5/c1-20(17-22-12-14-40(38-22)23-9-10-25(37)24(18-23)33(34,35)36)29-19-27-26(39(27)15-16-41)7-5-6-8-28(42)21(2)31(44)32(3,4)13-11-30(43)45-29/h9-10,12,14,17-18,21,26-29,41-42H,5-8,11,13,15-16,19,37H2,1-4H3/b20-17+/t21-,26?,27?,28?,29?,39?/m1/s1. The van der Waals surface area contributed by atoms with Gasteiger partial charge in [0.05, 0.1) is 29.7 Å². The van der Waals surface area contributed by atoms with Gasteiger partial charge in [0, 0.05) is 54.7 Å². The van der Waals surface area contributed by atoms with Gasteiger partial charge in [0.1, 0.15) is 11.9 Å². The van der Waals surface area contributed by atoms with Gasteiger partial charge in [-0.3, -0.25) is 14.5 Å². The molecule has 248 valence electrons. The Morgan fingerprint density at radius 3 is 2.58 bits per heavy atom. The van der Waals surface area contributed by atoms with Crippen molar-refractivity contribution in [1.82, 2.24) is 14.7 Å². The second-order valence-electron chi connectivity index (χ2n) is 13.0. The summed E-state index contributed by atoms with van der Waals surface area (Å²) in [5.74, 6) is -1.08. The van der Waals surface area contributed by atoms with Crippen molar-refractivity contribution in [3.63, 3.8) is 0 Å². The number of halogens is 3. The minimum atomic E-state index is -4.60. The minimum absolute atomic E-state index is 0.00166. The van der Waals surface area contributed by atoms with Crippen LogP contribution in [0.2, 0.25) is 0 Å². The number of aliphatic hydroxyl groups excluding tert-OH is 2. The molecule has 2 aromatic rings. The molecule has 1 aromatic carbocycles. The van der Waals surface area contributed by atoms with Crippen LogP contribution in [0.5, 0.6) is 0 Å². The second-order valence-corrected chi connectivity index (χ2v) is 13.0. The number of alkyl halides is 3. The van der Waals surface area contributed by atoms with Crippen LogP contribution in [0.4, 0.5) is 18.9 Å². The molecule has 1 aromatic heterocycles. The molecular weight excluding hydrogens is 589 g/mol. The number of carbonyl (C=O) groups excluding carboxylic acids is 2. The monoisotopic (exact) mass is 634 g/mol. The zero-order valence-corrected chi connectivity index (χ0v) is 26.4. The summed E-state index contributed by atoms with van der Waals surface area (Å²) in [5.41, 5.74) is 4.79. The van der Waals surface area contributed by atoms with Crippen LogP contribution < -0.4 is 5.73 Å². The van der Waals surface area contributed by atoms with Crippen molar-refractivity contribution in [3.05, 3.63) is 47.3 Å². The maximum atomic E-state index is 13.4. The maximum absolute atomic E-state index is 13.4. The summed E-state index contributed by atoms with van der Waals surface area (Å²) < 4.78 is 47.6. The first-order chi connectivity index (χ1) is 21.1. The first-order valence-electron chi connectivity index (χ1n) is 15.6. The summed E-state index contributed by atoms with van der Waals surface area (Å²) in [6, 6.07) is 5.54. The molecule has 6 atom stereocenters. The highest BCUT2D eigenvalue weighted by atomic mass is 19.4. The molecule has 4 N–H and O–H groups in total. The van der Waals surface area contributed by atoms with Crippen LogP contribution in [0.25, 0.3) is 11.8 Å². The van der Waals surface area contributed by atoms with Gasteiger partial charge in [-0.25, -0.2) is 4.68 Å². The van der Waals surface area contributed by atoms with Gasteiger partial charge in [-0.05, 0) is 62.1 Å². The number of anilines is 1. The van der Waals surface area contributed by atoms with E-state index in [4.69, 9.17) is 10.5 Å². The molecule has 0 bridgehead atoms. The lowest BCUT2D eigenvalue weighted by Gasteiger charge is -2.29. The predicted octanol–water partition coefficient (Wildman–Crippen LogP) is 5.17. The number of nitrogens with two attached hydrogens (primary N) is 1. The topological polar surface area (TPSA) is 131 Å². The molecule has 0 aliphatic carbocycles. The van der Waals surface area contributed by atoms with Gasteiger partial charge in [0.25, 0.3) is 0 Å². The summed E-state index contributed by atoms with van der Waals surface area (Å²) in [7, 11) is 0. The van der Waals surface area contributed by atoms with Gasteiger partial charge >= 0.3 is 12.1 Å². The van der Waals surface area contributed by atoms with E-state index >= 15 is 0 Å². The molecule has 2 aliphatic rings. The third-order valence-electron chi connectivity index (χ3n) is 9.26. The van der Waals surface area contributed by atoms with E-state index in [9.17, 15) is 33.0 Å². The van der Waals surface area contributed by atoms with Crippen molar-refractivity contribution in [2.45, 2.75) is 103 Å². The molecule has 0 amide bonds. The van der Waals surface area contributed by atoms with Gasteiger partial charge in [0.15, 0.2) is 0 Å². The van der Waals surface area contributed by atoms with Crippen LogP contribution in [0.3, 0.4) is 0 Å². The quantitative estimate of drug-likeness (QED) is 0.233. The van der Waals surface area contributed by atoms with Gasteiger partial charge in [0.2, 0.25) is 0 Å². The number of benzene rings is 1. The first-order valence-corrected chi connectivity index (χ1v) is 15.6. The van der Waals surface area contributed by atoms with Crippen LogP contribution in [-0.2, 0) is 20.5 Å². The highest BCUT2D eigenvalue weighted by Crippen LogP contribution is 2.39. The molecule has 45 heavy (non-hydrogen) atoms. The fourth-order valence-electron chi connectivity index (χ4n) is 6.36. The number of cyclic esters (lactones) is 1. The number of esters is 1. The van der Waals surface area contributed by atoms with Gasteiger partial charge in [-0.15, -0.1) is 0 Å². The number of hydrogen-bond donors (Lipinski definition) is 3. The summed E-state index contributed by atoms with van der Waals surface area (Å²) >= 11 is 0. The van der Waals surface area contributed by atoms with E-state index in [0.29, 0.717) is 30.7 Å². The number of rotatable bonds is 5. The van der Waals surface area contributed by atoms with Gasteiger partial charge in [-0.2, -0.15) is 18.3 Å². The number of fused-ring (bicyclic) bond motifs is 1. The Morgan fingerprint density at radius 2 is 1.89 bits per heavy atom. The second kappa shape index (κ2) is 14.0. The van der Waals surface area contributed by atoms with Crippen molar-refractivity contribution in [1.29, 1.82) is 0 Å². The third kappa shape index (κ3) is 8.53. The average molecular weight is 635 g/mol. The molecule has 4 rings (SSSR count). The lowest BCUT2D eigenvalue weighted by atomic mass is 9.76. The zero-order valence-electron chi connectivity index (χ0n) is 26.4. The highest BCUT2D eigenvalue weighted by molar-refractivity contribution is 5.87. The number of hydrogen-bond acceptors (Lipinski definition) is 8. The molecule has 0 radical (unpaired) electrons. The molecule has 0 spiro atoms. The number of aromatic nitrogens is 2. The molecular formula is C33H45F3N4O5. The number of ketones is 1. The number of aliphatic hydroxyl groups is 2. The lowest BCUT2D eigenvalue weighted by Crippen LogP contribution is -2.36. The Labute approximate surface area is 262 Å². The fraction of sp³-hybridized carbons (Fsp3) is 0.606. The van der Waals surface area contributed by atoms with Crippen molar-refractivity contribution in [3.8, 4) is 5.69 Å². The van der Waals surface area contributed by atoms with E-state index in [1.165, 1.54) is 16.8 Å². The smallest absolute Gasteiger partial charge is 0.418 e. The molecule has 12 heteroatoms. The normalized spacial score (nSPS) is 28.8. The Kier molecular flexibility index (Phi) is 10.8. The fourth-order valence-corrected chi connectivity index (χ4v) is 6.36. The number of β-amino-alcohol motifs (C(OH)–C–C–N with tert-alkyl or cyclic N) is 1. The summed E-state index contributed by atoms with van der Waals surface area (Å²) in [6.07, 6.45) is 1.11. The number of nitrogens with zero attached hydrogens (tertiary/aromatic N) is 3. The summed E-state index contributed by atoms with van der Waals surface area (Å²) in [6.45, 7) is 7.63. The molecule has 0 saturated carbocycles. The number of Topliss-reactive ketones (excluding diaryl/α,β-unsaturated/α-hetero) is 1. The highest BCUT2D eigenvalue weighted by Gasteiger charge is 2.47. The van der Waals surface area contributed by atoms with Crippen LogP contribution in [0.15, 0.2) is 36.0 Å². The SMILES string of the molecule is C/C(=C\c1ccn(-c2ccc(N)c(C(F)(F)F)c2)n1)C1CC2C(CCCCC(O)[C@@H](C)C(=O)C(C)(C)CCC(=O)O1)N2CCO. The van der Waals surface area contributed by atoms with Crippen molar-refractivity contribution < 1.29 is 37.7 Å². The molecule has 3 heterocycles. The van der Waals surface area contributed by atoms with Crippen molar-refractivity contribution in [2.24, 2.45) is 11.3 Å². The third-order valence-corrected chi connectivity index (χ3v) is 9.26. The Hall–Kier alpha value is -3.22. The minimum Gasteiger partial charge on any atom is -0.458 e.